The van der Waals surface area contributed by atoms with Crippen LogP contribution in [0, 0.1) is 24.5 Å². The summed E-state index contributed by atoms with van der Waals surface area (Å²) in [7, 11) is 0. The van der Waals surface area contributed by atoms with Crippen molar-refractivity contribution >= 4 is 22.1 Å². The highest BCUT2D eigenvalue weighted by atomic mass is 19.1. The molecule has 0 spiro atoms. The Kier molecular flexibility index (Phi) is 7.35. The average Bonchev–Trinajstić information content (AvgIpc) is 3.55. The Bertz CT molecular complexity index is 1680. The highest BCUT2D eigenvalue weighted by Crippen LogP contribution is 2.36. The van der Waals surface area contributed by atoms with E-state index in [2.05, 4.69) is 0 Å². The molecule has 0 bridgehead atoms. The Hall–Kier alpha value is -3.86. The van der Waals surface area contributed by atoms with Crippen molar-refractivity contribution in [1.29, 1.82) is 0 Å². The largest absolute Gasteiger partial charge is 0.467 e. The maximum Gasteiger partial charge on any atom is 0.297 e. The molecule has 3 heterocycles. The van der Waals surface area contributed by atoms with E-state index < -0.39 is 29.5 Å². The third-order valence-electron chi connectivity index (χ3n) is 6.91. The van der Waals surface area contributed by atoms with E-state index in [0.717, 1.165) is 0 Å². The summed E-state index contributed by atoms with van der Waals surface area (Å²) in [6.07, 6.45) is 0.256. The van der Waals surface area contributed by atoms with Gasteiger partial charge in [0.2, 0.25) is 5.58 Å². The van der Waals surface area contributed by atoms with Crippen molar-refractivity contribution in [2.45, 2.75) is 39.6 Å². The zero-order valence-corrected chi connectivity index (χ0v) is 21.9. The van der Waals surface area contributed by atoms with Gasteiger partial charge in [0.05, 0.1) is 18.8 Å². The van der Waals surface area contributed by atoms with Gasteiger partial charge in [-0.05, 0) is 60.4 Å². The van der Waals surface area contributed by atoms with Gasteiger partial charge in [0.15, 0.2) is 0 Å². The SMILES string of the molecule is Cc1ccc(C(O)N(CCN)[C@@H](c2nc3c(oc4ccc(F)cc43)c(=O)n2Cc2ccco2)C(C)C)cc1F. The second kappa shape index (κ2) is 10.7. The van der Waals surface area contributed by atoms with E-state index in [9.17, 15) is 18.7 Å². The molecule has 10 heteroatoms. The zero-order valence-electron chi connectivity index (χ0n) is 21.9. The van der Waals surface area contributed by atoms with Crippen LogP contribution in [0.3, 0.4) is 0 Å². The fourth-order valence-electron chi connectivity index (χ4n) is 5.00. The lowest BCUT2D eigenvalue weighted by Gasteiger charge is -2.38. The van der Waals surface area contributed by atoms with Crippen molar-refractivity contribution in [2.24, 2.45) is 11.7 Å². The predicted molar refractivity (Wildman–Crippen MR) is 143 cm³/mol. The lowest BCUT2D eigenvalue weighted by atomic mass is 9.98. The first-order valence-electron chi connectivity index (χ1n) is 12.7. The number of furan rings is 2. The van der Waals surface area contributed by atoms with Gasteiger partial charge in [0, 0.05) is 18.5 Å². The molecule has 2 atom stereocenters. The lowest BCUT2D eigenvalue weighted by Crippen LogP contribution is -2.42. The summed E-state index contributed by atoms with van der Waals surface area (Å²) in [5, 5.41) is 11.9. The quantitative estimate of drug-likeness (QED) is 0.255. The number of hydrogen-bond acceptors (Lipinski definition) is 7. The van der Waals surface area contributed by atoms with Gasteiger partial charge in [-0.1, -0.05) is 26.0 Å². The Morgan fingerprint density at radius 2 is 1.95 bits per heavy atom. The molecule has 0 aliphatic carbocycles. The summed E-state index contributed by atoms with van der Waals surface area (Å²) in [5.74, 6) is -0.304. The van der Waals surface area contributed by atoms with Gasteiger partial charge in [-0.3, -0.25) is 14.3 Å². The van der Waals surface area contributed by atoms with Crippen LogP contribution in [-0.4, -0.2) is 32.6 Å². The number of aliphatic hydroxyl groups excluding tert-OH is 1. The molecular formula is C29H30F2N4O4. The number of nitrogens with zero attached hydrogens (tertiary/aromatic N) is 3. The van der Waals surface area contributed by atoms with Crippen LogP contribution in [0.5, 0.6) is 0 Å². The Labute approximate surface area is 223 Å². The van der Waals surface area contributed by atoms with Crippen LogP contribution in [0.1, 0.15) is 48.8 Å². The molecule has 0 fully saturated rings. The van der Waals surface area contributed by atoms with Crippen LogP contribution in [-0.2, 0) is 6.54 Å². The molecule has 0 aliphatic heterocycles. The molecule has 5 rings (SSSR count). The lowest BCUT2D eigenvalue weighted by molar-refractivity contribution is -0.0433. The number of fused-ring (bicyclic) bond motifs is 3. The Morgan fingerprint density at radius 1 is 1.15 bits per heavy atom. The first-order chi connectivity index (χ1) is 18.7. The fourth-order valence-corrected chi connectivity index (χ4v) is 5.00. The van der Waals surface area contributed by atoms with Crippen LogP contribution < -0.4 is 11.3 Å². The third kappa shape index (κ3) is 4.98. The molecule has 8 nitrogen and oxygen atoms in total. The van der Waals surface area contributed by atoms with Crippen molar-refractivity contribution in [3.8, 4) is 0 Å². The molecule has 0 saturated carbocycles. The van der Waals surface area contributed by atoms with E-state index >= 15 is 0 Å². The number of aliphatic hydroxyl groups is 1. The maximum atomic E-state index is 14.5. The van der Waals surface area contributed by atoms with Gasteiger partial charge in [-0.25, -0.2) is 13.8 Å². The summed E-state index contributed by atoms with van der Waals surface area (Å²) in [5.41, 5.74) is 6.82. The number of aryl methyl sites for hydroxylation is 1. The fraction of sp³-hybridized carbons (Fsp3) is 0.310. The number of benzene rings is 2. The smallest absolute Gasteiger partial charge is 0.297 e. The van der Waals surface area contributed by atoms with Crippen molar-refractivity contribution in [3.63, 3.8) is 0 Å². The van der Waals surface area contributed by atoms with Crippen LogP contribution in [0.25, 0.3) is 22.1 Å². The van der Waals surface area contributed by atoms with E-state index in [0.29, 0.717) is 33.7 Å². The molecule has 39 heavy (non-hydrogen) atoms. The second-order valence-electron chi connectivity index (χ2n) is 9.96. The number of rotatable bonds is 9. The van der Waals surface area contributed by atoms with Gasteiger partial charge in [-0.15, -0.1) is 0 Å². The van der Waals surface area contributed by atoms with Crippen molar-refractivity contribution in [1.82, 2.24) is 14.5 Å². The maximum absolute atomic E-state index is 14.5. The molecule has 3 N–H and O–H groups in total. The zero-order chi connectivity index (χ0) is 27.8. The van der Waals surface area contributed by atoms with Crippen LogP contribution in [0.2, 0.25) is 0 Å². The standard InChI is InChI=1S/C29H30F2N4O4/c1-16(2)25(34(11-10-32)28(36)18-7-6-17(3)22(31)13-18)27-33-24-21-14-19(30)8-9-23(21)39-26(24)29(37)35(27)15-20-5-4-12-38-20/h4-9,12-14,16,25,28,36H,10-11,15,32H2,1-3H3/t25-,28?/m1/s1. The molecule has 0 radical (unpaired) electrons. The summed E-state index contributed by atoms with van der Waals surface area (Å²) >= 11 is 0. The van der Waals surface area contributed by atoms with Gasteiger partial charge in [-0.2, -0.15) is 0 Å². The highest BCUT2D eigenvalue weighted by molar-refractivity contribution is 6.02. The van der Waals surface area contributed by atoms with Crippen LogP contribution >= 0.6 is 0 Å². The molecule has 0 amide bonds. The van der Waals surface area contributed by atoms with E-state index in [1.165, 1.54) is 35.1 Å². The number of nitrogens with two attached hydrogens (primary N) is 1. The minimum absolute atomic E-state index is 0.0139. The molecule has 1 unspecified atom stereocenters. The van der Waals surface area contributed by atoms with E-state index in [1.807, 2.05) is 13.8 Å². The minimum atomic E-state index is -1.25. The van der Waals surface area contributed by atoms with Gasteiger partial charge in [0.25, 0.3) is 5.56 Å². The normalized spacial score (nSPS) is 13.7. The molecule has 0 aliphatic rings. The molecule has 204 valence electrons. The molecule has 0 saturated heterocycles. The first-order valence-corrected chi connectivity index (χ1v) is 12.7. The monoisotopic (exact) mass is 536 g/mol. The summed E-state index contributed by atoms with van der Waals surface area (Å²) in [4.78, 5) is 20.5. The summed E-state index contributed by atoms with van der Waals surface area (Å²) in [6, 6.07) is 11.3. The number of hydrogen-bond donors (Lipinski definition) is 2. The van der Waals surface area contributed by atoms with Crippen LogP contribution in [0.4, 0.5) is 8.78 Å². The van der Waals surface area contributed by atoms with Gasteiger partial charge >= 0.3 is 0 Å². The molecule has 2 aromatic carbocycles. The van der Waals surface area contributed by atoms with Crippen molar-refractivity contribution < 1.29 is 22.7 Å². The molecular weight excluding hydrogens is 506 g/mol. The van der Waals surface area contributed by atoms with E-state index in [1.54, 1.807) is 36.1 Å². The number of halogens is 2. The molecule has 3 aromatic heterocycles. The Balaban J connectivity index is 1.75. The van der Waals surface area contributed by atoms with Crippen molar-refractivity contribution in [2.75, 3.05) is 13.1 Å². The summed E-state index contributed by atoms with van der Waals surface area (Å²) in [6.45, 7) is 5.94. The highest BCUT2D eigenvalue weighted by Gasteiger charge is 2.34. The molecule has 5 aromatic rings. The minimum Gasteiger partial charge on any atom is -0.467 e. The van der Waals surface area contributed by atoms with Gasteiger partial charge in [0.1, 0.15) is 40.5 Å². The van der Waals surface area contributed by atoms with Crippen molar-refractivity contribution in [3.05, 3.63) is 99.5 Å². The Morgan fingerprint density at radius 3 is 2.62 bits per heavy atom. The van der Waals surface area contributed by atoms with Crippen LogP contribution in [0.15, 0.2) is 68.4 Å². The van der Waals surface area contributed by atoms with E-state index in [-0.39, 0.29) is 36.7 Å². The van der Waals surface area contributed by atoms with E-state index in [4.69, 9.17) is 19.6 Å². The average molecular weight is 537 g/mol. The predicted octanol–water partition coefficient (Wildman–Crippen LogP) is 5.02. The summed E-state index contributed by atoms with van der Waals surface area (Å²) < 4.78 is 41.4. The topological polar surface area (TPSA) is 111 Å². The second-order valence-corrected chi connectivity index (χ2v) is 9.96. The van der Waals surface area contributed by atoms with Gasteiger partial charge < -0.3 is 19.7 Å². The first kappa shape index (κ1) is 26.7. The number of aromatic nitrogens is 2. The third-order valence-corrected chi connectivity index (χ3v) is 6.91.